The lowest BCUT2D eigenvalue weighted by molar-refractivity contribution is -0.113. The minimum Gasteiger partial charge on any atom is -0.497 e. The van der Waals surface area contributed by atoms with Crippen LogP contribution in [0.15, 0.2) is 105 Å². The molecule has 0 saturated carbocycles. The number of benzene rings is 3. The molecule has 36 heavy (non-hydrogen) atoms. The van der Waals surface area contributed by atoms with Gasteiger partial charge in [-0.15, -0.1) is 0 Å². The second-order valence-corrected chi connectivity index (χ2v) is 11.7. The zero-order valence-corrected chi connectivity index (χ0v) is 23.6. The maximum atomic E-state index is 14.2. The van der Waals surface area contributed by atoms with E-state index < -0.39 is 0 Å². The fourth-order valence-electron chi connectivity index (χ4n) is 4.98. The van der Waals surface area contributed by atoms with E-state index in [0.717, 1.165) is 60.3 Å². The third-order valence-electron chi connectivity index (χ3n) is 6.90. The number of Topliss-reactive ketones (excluding diaryl/α,β-unsaturated/α-hetero) is 1. The molecule has 0 bridgehead atoms. The molecule has 0 fully saturated rings. The molecular weight excluding hydrogens is 578 g/mol. The molecule has 1 aliphatic carbocycles. The quantitative estimate of drug-likeness (QED) is 0.305. The average molecular weight is 605 g/mol. The first-order valence-corrected chi connectivity index (χ1v) is 13.5. The monoisotopic (exact) mass is 603 g/mol. The maximum absolute atomic E-state index is 14.2. The van der Waals surface area contributed by atoms with Crippen LogP contribution in [0.25, 0.3) is 11.8 Å². The summed E-state index contributed by atoms with van der Waals surface area (Å²) in [5.74, 6) is 0.734. The Hall–Kier alpha value is -2.89. The van der Waals surface area contributed by atoms with Crippen molar-refractivity contribution in [2.24, 2.45) is 5.41 Å². The molecule has 182 valence electrons. The number of rotatable bonds is 4. The number of carbonyl (C=O) groups excluding carboxylic acids is 1. The van der Waals surface area contributed by atoms with Gasteiger partial charge >= 0.3 is 0 Å². The number of ether oxygens (including phenoxy) is 1. The summed E-state index contributed by atoms with van der Waals surface area (Å²) in [6, 6.07) is 24.4. The lowest BCUT2D eigenvalue weighted by Crippen LogP contribution is -2.37. The molecule has 5 heteroatoms. The predicted octanol–water partition coefficient (Wildman–Crippen LogP) is 8.28. The second kappa shape index (κ2) is 9.87. The highest BCUT2D eigenvalue weighted by Gasteiger charge is 2.42. The first-order valence-electron chi connectivity index (χ1n) is 11.9. The molecule has 1 N–H and O–H groups in total. The summed E-state index contributed by atoms with van der Waals surface area (Å²) in [5, 5.41) is 3.64. The van der Waals surface area contributed by atoms with E-state index in [4.69, 9.17) is 4.74 Å². The van der Waals surface area contributed by atoms with E-state index in [1.54, 1.807) is 7.11 Å². The number of carbonyl (C=O) groups is 1. The molecule has 0 saturated heterocycles. The third kappa shape index (κ3) is 4.87. The molecule has 0 aromatic heterocycles. The number of allylic oxidation sites excluding steroid dienone is 4. The van der Waals surface area contributed by atoms with Gasteiger partial charge in [-0.3, -0.25) is 4.79 Å². The molecule has 3 aromatic rings. The Morgan fingerprint density at radius 1 is 0.917 bits per heavy atom. The molecule has 2 aliphatic rings. The summed E-state index contributed by atoms with van der Waals surface area (Å²) >= 11 is 7.03. The van der Waals surface area contributed by atoms with Crippen molar-refractivity contribution in [3.05, 3.63) is 121 Å². The Bertz CT molecular complexity index is 1400. The summed E-state index contributed by atoms with van der Waals surface area (Å²) in [5.41, 5.74) is 6.54. The summed E-state index contributed by atoms with van der Waals surface area (Å²) in [4.78, 5) is 14.2. The number of nitrogens with one attached hydrogen (secondary N) is 1. The lowest BCUT2D eigenvalue weighted by atomic mass is 9.67. The number of ketones is 1. The molecule has 1 heterocycles. The van der Waals surface area contributed by atoms with Crippen LogP contribution in [0.3, 0.4) is 0 Å². The van der Waals surface area contributed by atoms with Crippen molar-refractivity contribution in [1.82, 2.24) is 5.32 Å². The minimum atomic E-state index is -0.317. The Morgan fingerprint density at radius 3 is 2.14 bits per heavy atom. The highest BCUT2D eigenvalue weighted by molar-refractivity contribution is 9.10. The van der Waals surface area contributed by atoms with Gasteiger partial charge in [0.25, 0.3) is 0 Å². The predicted molar refractivity (Wildman–Crippen MR) is 154 cm³/mol. The van der Waals surface area contributed by atoms with Crippen LogP contribution in [0.4, 0.5) is 0 Å². The van der Waals surface area contributed by atoms with Crippen molar-refractivity contribution in [2.75, 3.05) is 7.11 Å². The lowest BCUT2D eigenvalue weighted by Gasteiger charge is -2.40. The molecule has 1 unspecified atom stereocenters. The van der Waals surface area contributed by atoms with Gasteiger partial charge in [0.1, 0.15) is 5.75 Å². The standard InChI is InChI=1S/C31H27Br2NO2/c1-31(2)18-28-29(30(35)26(31)16-19-4-10-22(32)11-5-19)25(20-8-14-24(36-3)15-9-20)17-27(34-28)21-6-12-23(33)13-7-21/h4-17,25,34H,18H2,1-3H3/b26-16+. The van der Waals surface area contributed by atoms with Crippen molar-refractivity contribution in [2.45, 2.75) is 26.2 Å². The van der Waals surface area contributed by atoms with Crippen LogP contribution in [0, 0.1) is 5.41 Å². The van der Waals surface area contributed by atoms with Crippen LogP contribution in [0.5, 0.6) is 5.75 Å². The van der Waals surface area contributed by atoms with Crippen LogP contribution in [0.2, 0.25) is 0 Å². The average Bonchev–Trinajstić information content (AvgIpc) is 2.87. The highest BCUT2D eigenvalue weighted by atomic mass is 79.9. The normalized spacial score (nSPS) is 20.0. The van der Waals surface area contributed by atoms with E-state index in [1.165, 1.54) is 0 Å². The number of hydrogen-bond donors (Lipinski definition) is 1. The Morgan fingerprint density at radius 2 is 1.53 bits per heavy atom. The van der Waals surface area contributed by atoms with Crippen LogP contribution in [-0.4, -0.2) is 12.9 Å². The van der Waals surface area contributed by atoms with E-state index in [9.17, 15) is 4.79 Å². The minimum absolute atomic E-state index is 0.101. The highest BCUT2D eigenvalue weighted by Crippen LogP contribution is 2.48. The summed E-state index contributed by atoms with van der Waals surface area (Å²) in [6.07, 6.45) is 4.98. The zero-order chi connectivity index (χ0) is 25.4. The van der Waals surface area contributed by atoms with Crippen molar-refractivity contribution >= 4 is 49.4 Å². The number of hydrogen-bond acceptors (Lipinski definition) is 3. The number of methoxy groups -OCH3 is 1. The topological polar surface area (TPSA) is 38.3 Å². The Kier molecular flexibility index (Phi) is 6.80. The molecule has 3 aromatic carbocycles. The van der Waals surface area contributed by atoms with Gasteiger partial charge in [-0.25, -0.2) is 0 Å². The largest absolute Gasteiger partial charge is 0.497 e. The van der Waals surface area contributed by atoms with Crippen LogP contribution in [0.1, 0.15) is 42.9 Å². The van der Waals surface area contributed by atoms with Crippen molar-refractivity contribution in [1.29, 1.82) is 0 Å². The van der Waals surface area contributed by atoms with Gasteiger partial charge in [-0.1, -0.05) is 82.1 Å². The van der Waals surface area contributed by atoms with Crippen LogP contribution >= 0.6 is 31.9 Å². The molecule has 0 spiro atoms. The fourth-order valence-corrected chi connectivity index (χ4v) is 5.50. The van der Waals surface area contributed by atoms with Gasteiger partial charge < -0.3 is 10.1 Å². The third-order valence-corrected chi connectivity index (χ3v) is 7.96. The summed E-state index contributed by atoms with van der Waals surface area (Å²) < 4.78 is 7.43. The van der Waals surface area contributed by atoms with Crippen molar-refractivity contribution in [3.8, 4) is 5.75 Å². The van der Waals surface area contributed by atoms with Crippen molar-refractivity contribution < 1.29 is 9.53 Å². The van der Waals surface area contributed by atoms with Gasteiger partial charge in [-0.05, 0) is 77.1 Å². The molecule has 0 radical (unpaired) electrons. The Balaban J connectivity index is 1.63. The van der Waals surface area contributed by atoms with Crippen molar-refractivity contribution in [3.63, 3.8) is 0 Å². The van der Waals surface area contributed by atoms with E-state index in [-0.39, 0.29) is 17.1 Å². The van der Waals surface area contributed by atoms with Gasteiger partial charge in [0.05, 0.1) is 7.11 Å². The van der Waals surface area contributed by atoms with Crippen LogP contribution in [-0.2, 0) is 4.79 Å². The van der Waals surface area contributed by atoms with E-state index in [1.807, 2.05) is 48.5 Å². The van der Waals surface area contributed by atoms with Gasteiger partial charge in [0.15, 0.2) is 5.78 Å². The fraction of sp³-hybridized carbons (Fsp3) is 0.194. The molecule has 5 rings (SSSR count). The second-order valence-electron chi connectivity index (χ2n) is 9.85. The zero-order valence-electron chi connectivity index (χ0n) is 20.4. The SMILES string of the molecule is COc1ccc(C2C=C(c3ccc(Br)cc3)NC3=C2C(=O)/C(=C\c2ccc(Br)cc2)C(C)(C)C3)cc1. The molecule has 3 nitrogen and oxygen atoms in total. The molecule has 1 aliphatic heterocycles. The van der Waals surface area contributed by atoms with Gasteiger partial charge in [0, 0.05) is 37.4 Å². The summed E-state index contributed by atoms with van der Waals surface area (Å²) in [6.45, 7) is 4.31. The first kappa shape index (κ1) is 24.8. The maximum Gasteiger partial charge on any atom is 0.188 e. The molecular formula is C31H27Br2NO2. The van der Waals surface area contributed by atoms with E-state index in [2.05, 4.69) is 87.4 Å². The van der Waals surface area contributed by atoms with Gasteiger partial charge in [-0.2, -0.15) is 0 Å². The number of dihydropyridines is 1. The Labute approximate surface area is 229 Å². The molecule has 0 amide bonds. The summed E-state index contributed by atoms with van der Waals surface area (Å²) in [7, 11) is 1.66. The van der Waals surface area contributed by atoms with Crippen LogP contribution < -0.4 is 10.1 Å². The number of halogens is 2. The molecule has 1 atom stereocenters. The van der Waals surface area contributed by atoms with E-state index >= 15 is 0 Å². The smallest absolute Gasteiger partial charge is 0.188 e. The van der Waals surface area contributed by atoms with Gasteiger partial charge in [0.2, 0.25) is 0 Å². The first-order chi connectivity index (χ1) is 17.2. The van der Waals surface area contributed by atoms with E-state index in [0.29, 0.717) is 0 Å².